The first-order chi connectivity index (χ1) is 10.9. The number of phenolic OH excluding ortho intramolecular Hbond substituents is 1. The summed E-state index contributed by atoms with van der Waals surface area (Å²) in [5.41, 5.74) is 2.42. The van der Waals surface area contributed by atoms with Gasteiger partial charge in [0.1, 0.15) is 5.75 Å². The minimum absolute atomic E-state index is 0.0909. The number of phenols is 1. The maximum absolute atomic E-state index is 11.9. The fourth-order valence-electron chi connectivity index (χ4n) is 2.00. The van der Waals surface area contributed by atoms with Gasteiger partial charge < -0.3 is 15.7 Å². The van der Waals surface area contributed by atoms with Gasteiger partial charge in [-0.25, -0.2) is 0 Å². The second-order valence-electron chi connectivity index (χ2n) is 5.13. The number of benzene rings is 2. The molecule has 0 atom stereocenters. The topological polar surface area (TPSA) is 78.4 Å². The average molecular weight is 377 g/mol. The highest BCUT2D eigenvalue weighted by atomic mass is 79.9. The van der Waals surface area contributed by atoms with Crippen LogP contribution in [0.5, 0.6) is 5.75 Å². The number of hydrogen-bond donors (Lipinski definition) is 3. The number of aromatic hydroxyl groups is 1. The highest BCUT2D eigenvalue weighted by Gasteiger charge is 2.08. The second-order valence-corrected chi connectivity index (χ2v) is 6.04. The Kier molecular flexibility index (Phi) is 5.76. The summed E-state index contributed by atoms with van der Waals surface area (Å²) in [4.78, 5) is 23.7. The quantitative estimate of drug-likeness (QED) is 0.750. The molecule has 6 heteroatoms. The lowest BCUT2D eigenvalue weighted by molar-refractivity contribution is -0.123. The van der Waals surface area contributed by atoms with Gasteiger partial charge in [-0.3, -0.25) is 9.59 Å². The molecule has 0 radical (unpaired) electrons. The van der Waals surface area contributed by atoms with E-state index in [0.29, 0.717) is 5.69 Å². The van der Waals surface area contributed by atoms with Crippen molar-refractivity contribution in [3.05, 3.63) is 58.1 Å². The van der Waals surface area contributed by atoms with E-state index in [9.17, 15) is 14.7 Å². The zero-order valence-electron chi connectivity index (χ0n) is 12.6. The van der Waals surface area contributed by atoms with Gasteiger partial charge in [0, 0.05) is 10.2 Å². The van der Waals surface area contributed by atoms with Crippen LogP contribution in [0.1, 0.15) is 11.1 Å². The van der Waals surface area contributed by atoms with Gasteiger partial charge in [0.2, 0.25) is 11.8 Å². The van der Waals surface area contributed by atoms with E-state index in [2.05, 4.69) is 26.6 Å². The Morgan fingerprint density at radius 2 is 1.78 bits per heavy atom. The van der Waals surface area contributed by atoms with E-state index in [4.69, 9.17) is 0 Å². The molecule has 2 amide bonds. The third-order valence-corrected chi connectivity index (χ3v) is 3.70. The van der Waals surface area contributed by atoms with Gasteiger partial charge in [-0.05, 0) is 48.4 Å². The molecule has 2 aromatic rings. The van der Waals surface area contributed by atoms with Gasteiger partial charge in [-0.2, -0.15) is 0 Å². The number of carbonyl (C=O) groups excluding carboxylic acids is 2. The lowest BCUT2D eigenvalue weighted by Gasteiger charge is -2.09. The van der Waals surface area contributed by atoms with Gasteiger partial charge in [0.25, 0.3) is 0 Å². The number of halogens is 1. The Bertz CT molecular complexity index is 714. The van der Waals surface area contributed by atoms with Crippen LogP contribution >= 0.6 is 15.9 Å². The van der Waals surface area contributed by atoms with Crippen LogP contribution in [-0.2, 0) is 16.0 Å². The van der Waals surface area contributed by atoms with Crippen LogP contribution in [0, 0.1) is 6.92 Å². The van der Waals surface area contributed by atoms with E-state index < -0.39 is 0 Å². The van der Waals surface area contributed by atoms with Crippen LogP contribution in [0.2, 0.25) is 0 Å². The minimum Gasteiger partial charge on any atom is -0.508 e. The highest BCUT2D eigenvalue weighted by Crippen LogP contribution is 2.19. The normalized spacial score (nSPS) is 10.2. The molecular weight excluding hydrogens is 360 g/mol. The fourth-order valence-corrected chi connectivity index (χ4v) is 2.48. The molecule has 0 unspecified atom stereocenters. The monoisotopic (exact) mass is 376 g/mol. The lowest BCUT2D eigenvalue weighted by atomic mass is 10.1. The SMILES string of the molecule is Cc1cc(Br)ccc1NC(=O)CNC(=O)Cc1ccc(O)cc1. The number of anilines is 1. The number of rotatable bonds is 5. The second kappa shape index (κ2) is 7.78. The van der Waals surface area contributed by atoms with Gasteiger partial charge in [0.15, 0.2) is 0 Å². The van der Waals surface area contributed by atoms with Crippen molar-refractivity contribution in [2.75, 3.05) is 11.9 Å². The third-order valence-electron chi connectivity index (χ3n) is 3.21. The molecule has 5 nitrogen and oxygen atoms in total. The molecule has 3 N–H and O–H groups in total. The molecule has 23 heavy (non-hydrogen) atoms. The molecular formula is C17H17BrN2O3. The lowest BCUT2D eigenvalue weighted by Crippen LogP contribution is -2.33. The first-order valence-electron chi connectivity index (χ1n) is 7.04. The molecule has 0 heterocycles. The summed E-state index contributed by atoms with van der Waals surface area (Å²) in [6, 6.07) is 11.9. The summed E-state index contributed by atoms with van der Waals surface area (Å²) in [5.74, 6) is -0.383. The van der Waals surface area contributed by atoms with Crippen LogP contribution in [0.4, 0.5) is 5.69 Å². The average Bonchev–Trinajstić information content (AvgIpc) is 2.50. The molecule has 2 aromatic carbocycles. The Balaban J connectivity index is 1.81. The molecule has 0 aliphatic heterocycles. The molecule has 0 saturated heterocycles. The van der Waals surface area contributed by atoms with Crippen molar-refractivity contribution in [1.82, 2.24) is 5.32 Å². The molecule has 2 rings (SSSR count). The maximum atomic E-state index is 11.9. The zero-order chi connectivity index (χ0) is 16.8. The van der Waals surface area contributed by atoms with Crippen molar-refractivity contribution in [3.8, 4) is 5.75 Å². The Labute approximate surface area is 142 Å². The van der Waals surface area contributed by atoms with Gasteiger partial charge >= 0.3 is 0 Å². The molecule has 0 aliphatic rings. The summed E-state index contributed by atoms with van der Waals surface area (Å²) in [6.45, 7) is 1.80. The Morgan fingerprint density at radius 1 is 1.09 bits per heavy atom. The van der Waals surface area contributed by atoms with Crippen LogP contribution < -0.4 is 10.6 Å². The van der Waals surface area contributed by atoms with Crippen molar-refractivity contribution in [1.29, 1.82) is 0 Å². The van der Waals surface area contributed by atoms with Crippen LogP contribution in [-0.4, -0.2) is 23.5 Å². The number of amides is 2. The molecule has 0 aliphatic carbocycles. The summed E-state index contributed by atoms with van der Waals surface area (Å²) in [7, 11) is 0. The first-order valence-corrected chi connectivity index (χ1v) is 7.84. The van der Waals surface area contributed by atoms with Gasteiger partial charge in [-0.15, -0.1) is 0 Å². The predicted octanol–water partition coefficient (Wildman–Crippen LogP) is 2.76. The molecule has 0 fully saturated rings. The summed E-state index contributed by atoms with van der Waals surface area (Å²) >= 11 is 3.36. The van der Waals surface area contributed by atoms with Crippen LogP contribution in [0.3, 0.4) is 0 Å². The smallest absolute Gasteiger partial charge is 0.243 e. The molecule has 0 aromatic heterocycles. The van der Waals surface area contributed by atoms with E-state index in [-0.39, 0.29) is 30.5 Å². The largest absolute Gasteiger partial charge is 0.508 e. The van der Waals surface area contributed by atoms with Gasteiger partial charge in [0.05, 0.1) is 13.0 Å². The minimum atomic E-state index is -0.283. The number of hydrogen-bond acceptors (Lipinski definition) is 3. The van der Waals surface area contributed by atoms with E-state index >= 15 is 0 Å². The standard InChI is InChI=1S/C17H17BrN2O3/c1-11-8-13(18)4-7-15(11)20-17(23)10-19-16(22)9-12-2-5-14(21)6-3-12/h2-8,21H,9-10H2,1H3,(H,19,22)(H,20,23). The van der Waals surface area contributed by atoms with Crippen molar-refractivity contribution in [2.45, 2.75) is 13.3 Å². The van der Waals surface area contributed by atoms with Crippen LogP contribution in [0.25, 0.3) is 0 Å². The summed E-state index contributed by atoms with van der Waals surface area (Å²) in [6.07, 6.45) is 0.158. The van der Waals surface area contributed by atoms with E-state index in [1.807, 2.05) is 19.1 Å². The maximum Gasteiger partial charge on any atom is 0.243 e. The highest BCUT2D eigenvalue weighted by molar-refractivity contribution is 9.10. The van der Waals surface area contributed by atoms with E-state index in [1.54, 1.807) is 18.2 Å². The summed E-state index contributed by atoms with van der Waals surface area (Å²) < 4.78 is 0.940. The Morgan fingerprint density at radius 3 is 2.43 bits per heavy atom. The molecule has 0 spiro atoms. The zero-order valence-corrected chi connectivity index (χ0v) is 14.2. The third kappa shape index (κ3) is 5.41. The van der Waals surface area contributed by atoms with Crippen molar-refractivity contribution in [3.63, 3.8) is 0 Å². The van der Waals surface area contributed by atoms with E-state index in [1.165, 1.54) is 12.1 Å². The number of carbonyl (C=O) groups is 2. The molecule has 0 bridgehead atoms. The number of aryl methyl sites for hydroxylation is 1. The van der Waals surface area contributed by atoms with Crippen LogP contribution in [0.15, 0.2) is 46.9 Å². The Hall–Kier alpha value is -2.34. The molecule has 0 saturated carbocycles. The summed E-state index contributed by atoms with van der Waals surface area (Å²) in [5, 5.41) is 14.5. The first kappa shape index (κ1) is 17.0. The number of nitrogens with one attached hydrogen (secondary N) is 2. The van der Waals surface area contributed by atoms with E-state index in [0.717, 1.165) is 15.6 Å². The fraction of sp³-hybridized carbons (Fsp3) is 0.176. The van der Waals surface area contributed by atoms with Crippen molar-refractivity contribution in [2.24, 2.45) is 0 Å². The van der Waals surface area contributed by atoms with Crippen molar-refractivity contribution < 1.29 is 14.7 Å². The predicted molar refractivity (Wildman–Crippen MR) is 92.3 cm³/mol. The molecule has 120 valence electrons. The van der Waals surface area contributed by atoms with Gasteiger partial charge in [-0.1, -0.05) is 28.1 Å². The van der Waals surface area contributed by atoms with Crippen molar-refractivity contribution >= 4 is 33.4 Å².